The minimum atomic E-state index is 0.0420. The number of hydrogen-bond acceptors (Lipinski definition) is 2. The number of hydrogen-bond donors (Lipinski definition) is 0. The molecule has 2 rings (SSSR count). The summed E-state index contributed by atoms with van der Waals surface area (Å²) in [7, 11) is 0. The van der Waals surface area contributed by atoms with Crippen LogP contribution in [0.25, 0.3) is 0 Å². The van der Waals surface area contributed by atoms with Gasteiger partial charge in [-0.15, -0.1) is 0 Å². The second-order valence-corrected chi connectivity index (χ2v) is 7.78. The van der Waals surface area contributed by atoms with Crippen molar-refractivity contribution in [3.8, 4) is 0 Å². The highest BCUT2D eigenvalue weighted by atomic mass is 16.5. The first-order valence-corrected chi connectivity index (χ1v) is 9.86. The minimum Gasteiger partial charge on any atom is -0.462 e. The number of carbonyl (C=O) groups excluding carboxylic acids is 1. The van der Waals surface area contributed by atoms with Gasteiger partial charge in [-0.3, -0.25) is 4.79 Å². The number of benzene rings is 1. The lowest BCUT2D eigenvalue weighted by Gasteiger charge is -2.20. The lowest BCUT2D eigenvalue weighted by atomic mass is 9.91. The van der Waals surface area contributed by atoms with Gasteiger partial charge < -0.3 is 4.74 Å². The fourth-order valence-electron chi connectivity index (χ4n) is 3.74. The summed E-state index contributed by atoms with van der Waals surface area (Å²) in [6, 6.07) is 8.84. The van der Waals surface area contributed by atoms with Crippen molar-refractivity contribution >= 4 is 5.97 Å². The molecule has 1 fully saturated rings. The highest BCUT2D eigenvalue weighted by molar-refractivity contribution is 5.72. The van der Waals surface area contributed by atoms with Crippen LogP contribution in [0.15, 0.2) is 24.3 Å². The minimum absolute atomic E-state index is 0.0420. The van der Waals surface area contributed by atoms with Gasteiger partial charge in [0.15, 0.2) is 0 Å². The van der Waals surface area contributed by atoms with Gasteiger partial charge in [-0.05, 0) is 68.4 Å². The van der Waals surface area contributed by atoms with Gasteiger partial charge >= 0.3 is 5.97 Å². The molecule has 134 valence electrons. The lowest BCUT2D eigenvalue weighted by molar-refractivity contribution is -0.154. The van der Waals surface area contributed by atoms with Crippen LogP contribution in [0.5, 0.6) is 0 Å². The maximum Gasteiger partial charge on any atom is 0.309 e. The van der Waals surface area contributed by atoms with Crippen LogP contribution in [-0.4, -0.2) is 12.1 Å². The maximum atomic E-state index is 12.6. The number of rotatable bonds is 9. The summed E-state index contributed by atoms with van der Waals surface area (Å²) in [5, 5.41) is 0. The van der Waals surface area contributed by atoms with Gasteiger partial charge in [-0.25, -0.2) is 0 Å². The van der Waals surface area contributed by atoms with E-state index in [0.717, 1.165) is 38.5 Å². The third kappa shape index (κ3) is 6.30. The molecule has 1 aliphatic carbocycles. The van der Waals surface area contributed by atoms with E-state index >= 15 is 0 Å². The fraction of sp³-hybridized carbons (Fsp3) is 0.682. The van der Waals surface area contributed by atoms with Crippen molar-refractivity contribution in [1.82, 2.24) is 0 Å². The molecule has 0 unspecified atom stereocenters. The summed E-state index contributed by atoms with van der Waals surface area (Å²) < 4.78 is 5.79. The smallest absolute Gasteiger partial charge is 0.309 e. The van der Waals surface area contributed by atoms with Crippen LogP contribution in [0.1, 0.15) is 76.8 Å². The second-order valence-electron chi connectivity index (χ2n) is 7.78. The summed E-state index contributed by atoms with van der Waals surface area (Å²) in [4.78, 5) is 12.6. The van der Waals surface area contributed by atoms with E-state index in [2.05, 4.69) is 45.0 Å². The molecule has 1 aromatic carbocycles. The van der Waals surface area contributed by atoms with Gasteiger partial charge in [0.25, 0.3) is 0 Å². The average molecular weight is 331 g/mol. The molecule has 1 atom stereocenters. The molecule has 0 heterocycles. The molecule has 2 nitrogen and oxygen atoms in total. The first-order valence-electron chi connectivity index (χ1n) is 9.86. The standard InChI is InChI=1S/C22H34O2/c1-4-8-18-9-7-10-19(16-18)13-14-20(15-17(2)3)22(23)24-21-11-5-6-12-21/h7,9-10,16-17,20-21H,4-6,8,11-15H2,1-3H3/t20-/m0/s1. The molecule has 0 amide bonds. The Morgan fingerprint density at radius 2 is 1.83 bits per heavy atom. The van der Waals surface area contributed by atoms with Crippen LogP contribution in [0.4, 0.5) is 0 Å². The van der Waals surface area contributed by atoms with E-state index < -0.39 is 0 Å². The largest absolute Gasteiger partial charge is 0.462 e. The Labute approximate surface area is 148 Å². The van der Waals surface area contributed by atoms with E-state index in [1.165, 1.54) is 30.4 Å². The van der Waals surface area contributed by atoms with Crippen molar-refractivity contribution in [3.63, 3.8) is 0 Å². The van der Waals surface area contributed by atoms with Crippen molar-refractivity contribution in [2.75, 3.05) is 0 Å². The zero-order valence-corrected chi connectivity index (χ0v) is 15.7. The molecule has 1 aromatic rings. The normalized spacial score (nSPS) is 16.5. The van der Waals surface area contributed by atoms with Crippen LogP contribution >= 0.6 is 0 Å². The molecule has 0 aliphatic heterocycles. The van der Waals surface area contributed by atoms with E-state index in [1.807, 2.05) is 0 Å². The van der Waals surface area contributed by atoms with E-state index in [-0.39, 0.29) is 18.0 Å². The zero-order valence-electron chi connectivity index (χ0n) is 15.7. The molecular weight excluding hydrogens is 296 g/mol. The molecule has 0 N–H and O–H groups in total. The Morgan fingerprint density at radius 3 is 2.46 bits per heavy atom. The highest BCUT2D eigenvalue weighted by Gasteiger charge is 2.26. The number of ether oxygens (including phenoxy) is 1. The third-order valence-electron chi connectivity index (χ3n) is 4.99. The number of esters is 1. The molecule has 0 bridgehead atoms. The van der Waals surface area contributed by atoms with Gasteiger partial charge in [-0.1, -0.05) is 51.5 Å². The molecular formula is C22H34O2. The lowest BCUT2D eigenvalue weighted by Crippen LogP contribution is -2.24. The van der Waals surface area contributed by atoms with Gasteiger partial charge in [0.2, 0.25) is 0 Å². The monoisotopic (exact) mass is 330 g/mol. The highest BCUT2D eigenvalue weighted by Crippen LogP contribution is 2.25. The summed E-state index contributed by atoms with van der Waals surface area (Å²) in [6.45, 7) is 6.60. The topological polar surface area (TPSA) is 26.3 Å². The predicted octanol–water partition coefficient (Wildman–Crippen LogP) is 5.72. The molecule has 24 heavy (non-hydrogen) atoms. The van der Waals surface area contributed by atoms with Crippen LogP contribution in [0, 0.1) is 11.8 Å². The van der Waals surface area contributed by atoms with Crippen molar-refractivity contribution in [3.05, 3.63) is 35.4 Å². The molecule has 1 aliphatic rings. The molecule has 0 radical (unpaired) electrons. The summed E-state index contributed by atoms with van der Waals surface area (Å²) in [5.74, 6) is 0.610. The van der Waals surface area contributed by atoms with Crippen molar-refractivity contribution in [1.29, 1.82) is 0 Å². The van der Waals surface area contributed by atoms with E-state index in [0.29, 0.717) is 5.92 Å². The molecule has 0 spiro atoms. The molecule has 0 saturated heterocycles. The Hall–Kier alpha value is -1.31. The second kappa shape index (κ2) is 9.86. The van der Waals surface area contributed by atoms with Crippen LogP contribution < -0.4 is 0 Å². The van der Waals surface area contributed by atoms with Crippen LogP contribution in [-0.2, 0) is 22.4 Å². The molecule has 1 saturated carbocycles. The quantitative estimate of drug-likeness (QED) is 0.541. The summed E-state index contributed by atoms with van der Waals surface area (Å²) in [5.41, 5.74) is 2.76. The van der Waals surface area contributed by atoms with Gasteiger partial charge in [0.1, 0.15) is 6.10 Å². The van der Waals surface area contributed by atoms with Crippen molar-refractivity contribution in [2.24, 2.45) is 11.8 Å². The SMILES string of the molecule is CCCc1cccc(CC[C@@H](CC(C)C)C(=O)OC2CCCC2)c1. The first-order chi connectivity index (χ1) is 11.6. The molecule has 0 aromatic heterocycles. The summed E-state index contributed by atoms with van der Waals surface area (Å²) in [6.07, 6.45) is 9.81. The van der Waals surface area contributed by atoms with Gasteiger partial charge in [0, 0.05) is 0 Å². The third-order valence-corrected chi connectivity index (χ3v) is 4.99. The molecule has 2 heteroatoms. The average Bonchev–Trinajstić information content (AvgIpc) is 3.04. The maximum absolute atomic E-state index is 12.6. The van der Waals surface area contributed by atoms with E-state index in [1.54, 1.807) is 0 Å². The van der Waals surface area contributed by atoms with Crippen molar-refractivity contribution < 1.29 is 9.53 Å². The van der Waals surface area contributed by atoms with E-state index in [4.69, 9.17) is 4.74 Å². The first kappa shape index (κ1) is 19.0. The van der Waals surface area contributed by atoms with E-state index in [9.17, 15) is 4.79 Å². The Morgan fingerprint density at radius 1 is 1.17 bits per heavy atom. The Balaban J connectivity index is 1.92. The predicted molar refractivity (Wildman–Crippen MR) is 100 cm³/mol. The van der Waals surface area contributed by atoms with Crippen molar-refractivity contribution in [2.45, 2.75) is 84.7 Å². The number of carbonyl (C=O) groups is 1. The zero-order chi connectivity index (χ0) is 17.4. The van der Waals surface area contributed by atoms with Gasteiger partial charge in [0.05, 0.1) is 5.92 Å². The fourth-order valence-corrected chi connectivity index (χ4v) is 3.74. The van der Waals surface area contributed by atoms with Crippen LogP contribution in [0.3, 0.4) is 0 Å². The Kier molecular flexibility index (Phi) is 7.81. The number of aryl methyl sites for hydroxylation is 2. The van der Waals surface area contributed by atoms with Crippen LogP contribution in [0.2, 0.25) is 0 Å². The Bertz CT molecular complexity index is 500. The summed E-state index contributed by atoms with van der Waals surface area (Å²) >= 11 is 0. The van der Waals surface area contributed by atoms with Gasteiger partial charge in [-0.2, -0.15) is 0 Å².